The van der Waals surface area contributed by atoms with Gasteiger partial charge in [0.2, 0.25) is 5.91 Å². The molecule has 0 radical (unpaired) electrons. The smallest absolute Gasteiger partial charge is 0.238 e. The van der Waals surface area contributed by atoms with E-state index in [9.17, 15) is 4.79 Å². The van der Waals surface area contributed by atoms with Gasteiger partial charge in [-0.2, -0.15) is 0 Å². The Bertz CT molecular complexity index is 424. The van der Waals surface area contributed by atoms with Gasteiger partial charge in [0, 0.05) is 12.3 Å². The van der Waals surface area contributed by atoms with Crippen molar-refractivity contribution in [3.05, 3.63) is 35.9 Å². The molecule has 116 valence electrons. The summed E-state index contributed by atoms with van der Waals surface area (Å²) in [5, 5.41) is 6.72. The quantitative estimate of drug-likeness (QED) is 0.723. The Morgan fingerprint density at radius 1 is 1.24 bits per heavy atom. The first kappa shape index (κ1) is 16.4. The first-order valence-electron chi connectivity index (χ1n) is 8.01. The number of hydrogen-bond donors (Lipinski definition) is 2. The largest absolute Gasteiger partial charge is 0.355 e. The summed E-state index contributed by atoms with van der Waals surface area (Å²) in [5.74, 6) is 0.998. The minimum atomic E-state index is -0.0594. The van der Waals surface area contributed by atoms with Gasteiger partial charge in [-0.25, -0.2) is 0 Å². The highest BCUT2D eigenvalue weighted by Crippen LogP contribution is 2.32. The second kappa shape index (κ2) is 9.11. The highest BCUT2D eigenvalue weighted by Gasteiger charge is 2.29. The van der Waals surface area contributed by atoms with E-state index in [0.29, 0.717) is 0 Å². The van der Waals surface area contributed by atoms with E-state index in [1.807, 2.05) is 30.0 Å². The zero-order chi connectivity index (χ0) is 14.9. The van der Waals surface area contributed by atoms with E-state index in [1.165, 1.54) is 31.2 Å². The molecule has 1 saturated heterocycles. The molecular formula is C17H26N2OS. The van der Waals surface area contributed by atoms with Crippen LogP contribution >= 0.6 is 11.8 Å². The van der Waals surface area contributed by atoms with E-state index < -0.39 is 0 Å². The molecule has 2 atom stereocenters. The first-order valence-corrected chi connectivity index (χ1v) is 9.06. The van der Waals surface area contributed by atoms with Gasteiger partial charge in [0.15, 0.2) is 0 Å². The Morgan fingerprint density at radius 3 is 2.76 bits per heavy atom. The van der Waals surface area contributed by atoms with E-state index in [0.717, 1.165) is 18.7 Å². The van der Waals surface area contributed by atoms with Crippen molar-refractivity contribution >= 4 is 17.7 Å². The Labute approximate surface area is 132 Å². The lowest BCUT2D eigenvalue weighted by Gasteiger charge is -2.13. The molecule has 1 fully saturated rings. The zero-order valence-electron chi connectivity index (χ0n) is 12.8. The van der Waals surface area contributed by atoms with E-state index in [-0.39, 0.29) is 17.3 Å². The fourth-order valence-electron chi connectivity index (χ4n) is 2.51. The predicted molar refractivity (Wildman–Crippen MR) is 90.3 cm³/mol. The summed E-state index contributed by atoms with van der Waals surface area (Å²) >= 11 is 1.81. The number of amides is 1. The maximum atomic E-state index is 12.1. The minimum absolute atomic E-state index is 0.0594. The van der Waals surface area contributed by atoms with Crippen molar-refractivity contribution in [1.82, 2.24) is 10.6 Å². The van der Waals surface area contributed by atoms with Crippen molar-refractivity contribution in [3.63, 3.8) is 0 Å². The summed E-state index contributed by atoms with van der Waals surface area (Å²) in [5.41, 5.74) is 1.25. The van der Waals surface area contributed by atoms with Gasteiger partial charge < -0.3 is 5.32 Å². The van der Waals surface area contributed by atoms with Crippen LogP contribution in [0, 0.1) is 0 Å². The molecule has 1 amide bonds. The molecule has 21 heavy (non-hydrogen) atoms. The Morgan fingerprint density at radius 2 is 2.00 bits per heavy atom. The topological polar surface area (TPSA) is 41.1 Å². The molecule has 2 N–H and O–H groups in total. The summed E-state index contributed by atoms with van der Waals surface area (Å²) in [6.45, 7) is 3.02. The maximum absolute atomic E-state index is 12.1. The van der Waals surface area contributed by atoms with Crippen LogP contribution in [0.4, 0.5) is 0 Å². The molecule has 1 aliphatic rings. The highest BCUT2D eigenvalue weighted by atomic mass is 32.2. The van der Waals surface area contributed by atoms with Crippen LogP contribution in [0.3, 0.4) is 0 Å². The molecule has 1 heterocycles. The lowest BCUT2D eigenvalue weighted by Crippen LogP contribution is -2.42. The van der Waals surface area contributed by atoms with Gasteiger partial charge in [0.25, 0.3) is 0 Å². The third-order valence-corrected chi connectivity index (χ3v) is 5.05. The van der Waals surface area contributed by atoms with Crippen molar-refractivity contribution in [2.75, 3.05) is 12.3 Å². The number of rotatable bonds is 8. The van der Waals surface area contributed by atoms with Crippen LogP contribution in [0.1, 0.15) is 50.0 Å². The molecule has 1 unspecified atom stereocenters. The molecule has 0 bridgehead atoms. The molecule has 4 heteroatoms. The molecule has 0 spiro atoms. The number of benzene rings is 1. The van der Waals surface area contributed by atoms with E-state index in [1.54, 1.807) is 0 Å². The third-order valence-electron chi connectivity index (χ3n) is 3.78. The molecule has 0 saturated carbocycles. The molecule has 0 aromatic heterocycles. The SMILES string of the molecule is CCCCCCCNC(=O)[C@@H]1CSC(c2ccccc2)N1. The van der Waals surface area contributed by atoms with Crippen LogP contribution in [0.25, 0.3) is 0 Å². The fourth-order valence-corrected chi connectivity index (χ4v) is 3.75. The summed E-state index contributed by atoms with van der Waals surface area (Å²) in [4.78, 5) is 12.1. The number of hydrogen-bond acceptors (Lipinski definition) is 3. The molecule has 1 aliphatic heterocycles. The van der Waals surface area contributed by atoms with Gasteiger partial charge >= 0.3 is 0 Å². The van der Waals surface area contributed by atoms with Crippen molar-refractivity contribution in [1.29, 1.82) is 0 Å². The Kier molecular flexibility index (Phi) is 7.10. The van der Waals surface area contributed by atoms with E-state index in [4.69, 9.17) is 0 Å². The number of nitrogens with one attached hydrogen (secondary N) is 2. The predicted octanol–water partition coefficient (Wildman–Crippen LogP) is 3.48. The van der Waals surface area contributed by atoms with Crippen LogP contribution < -0.4 is 10.6 Å². The van der Waals surface area contributed by atoms with Gasteiger partial charge in [-0.15, -0.1) is 11.8 Å². The molecule has 0 aliphatic carbocycles. The Hall–Kier alpha value is -1.00. The molecule has 2 rings (SSSR count). The van der Waals surface area contributed by atoms with Gasteiger partial charge in [-0.3, -0.25) is 10.1 Å². The van der Waals surface area contributed by atoms with Gasteiger partial charge in [-0.05, 0) is 12.0 Å². The highest BCUT2D eigenvalue weighted by molar-refractivity contribution is 7.99. The summed E-state index contributed by atoms with van der Waals surface area (Å²) in [7, 11) is 0. The third kappa shape index (κ3) is 5.36. The van der Waals surface area contributed by atoms with Crippen LogP contribution in [0.5, 0.6) is 0 Å². The number of carbonyl (C=O) groups excluding carboxylic acids is 1. The maximum Gasteiger partial charge on any atom is 0.238 e. The average Bonchev–Trinajstić information content (AvgIpc) is 3.01. The zero-order valence-corrected chi connectivity index (χ0v) is 13.6. The second-order valence-corrected chi connectivity index (χ2v) is 6.69. The Balaban J connectivity index is 1.66. The van der Waals surface area contributed by atoms with Crippen LogP contribution in [0.2, 0.25) is 0 Å². The lowest BCUT2D eigenvalue weighted by molar-refractivity contribution is -0.122. The average molecular weight is 306 g/mol. The van der Waals surface area contributed by atoms with Crippen LogP contribution in [0.15, 0.2) is 30.3 Å². The van der Waals surface area contributed by atoms with E-state index >= 15 is 0 Å². The molecule has 1 aromatic carbocycles. The normalized spacial score (nSPS) is 21.4. The van der Waals surface area contributed by atoms with Crippen molar-refractivity contribution in [2.45, 2.75) is 50.4 Å². The number of thioether (sulfide) groups is 1. The van der Waals surface area contributed by atoms with Gasteiger partial charge in [0.1, 0.15) is 0 Å². The van der Waals surface area contributed by atoms with Gasteiger partial charge in [0.05, 0.1) is 11.4 Å². The van der Waals surface area contributed by atoms with E-state index in [2.05, 4.69) is 29.7 Å². The minimum Gasteiger partial charge on any atom is -0.355 e. The second-order valence-electron chi connectivity index (χ2n) is 5.55. The number of unbranched alkanes of at least 4 members (excludes halogenated alkanes) is 4. The lowest BCUT2D eigenvalue weighted by atomic mass is 10.1. The van der Waals surface area contributed by atoms with Crippen LogP contribution in [-0.4, -0.2) is 24.2 Å². The molecular weight excluding hydrogens is 280 g/mol. The van der Waals surface area contributed by atoms with Crippen LogP contribution in [-0.2, 0) is 4.79 Å². The molecule has 3 nitrogen and oxygen atoms in total. The summed E-state index contributed by atoms with van der Waals surface area (Å²) in [6.07, 6.45) is 6.14. The van der Waals surface area contributed by atoms with Crippen molar-refractivity contribution < 1.29 is 4.79 Å². The summed E-state index contributed by atoms with van der Waals surface area (Å²) < 4.78 is 0. The van der Waals surface area contributed by atoms with Crippen molar-refractivity contribution in [2.24, 2.45) is 0 Å². The standard InChI is InChI=1S/C17H26N2OS/c1-2-3-4-5-9-12-18-16(20)15-13-21-17(19-15)14-10-7-6-8-11-14/h6-8,10-11,15,17,19H,2-5,9,12-13H2,1H3,(H,18,20)/t15-,17?/m0/s1. The molecule has 1 aromatic rings. The van der Waals surface area contributed by atoms with Gasteiger partial charge in [-0.1, -0.05) is 62.9 Å². The summed E-state index contributed by atoms with van der Waals surface area (Å²) in [6, 6.07) is 10.3. The fraction of sp³-hybridized carbons (Fsp3) is 0.588. The van der Waals surface area contributed by atoms with Crippen molar-refractivity contribution in [3.8, 4) is 0 Å². The monoisotopic (exact) mass is 306 g/mol. The first-order chi connectivity index (χ1) is 10.3. The number of carbonyl (C=O) groups is 1.